The molecule has 0 atom stereocenters. The summed E-state index contributed by atoms with van der Waals surface area (Å²) in [7, 11) is 0. The zero-order valence-electron chi connectivity index (χ0n) is 12.6. The number of nitriles is 1. The van der Waals surface area contributed by atoms with Crippen LogP contribution in [0.5, 0.6) is 0 Å². The highest BCUT2D eigenvalue weighted by Crippen LogP contribution is 2.30. The summed E-state index contributed by atoms with van der Waals surface area (Å²) in [5.74, 6) is -0.372. The van der Waals surface area contributed by atoms with E-state index in [1.165, 1.54) is 18.6 Å². The Balaban J connectivity index is 1.96. The van der Waals surface area contributed by atoms with Gasteiger partial charge in [0, 0.05) is 23.6 Å². The smallest absolute Gasteiger partial charge is 0.275 e. The van der Waals surface area contributed by atoms with Crippen LogP contribution >= 0.6 is 0 Å². The monoisotopic (exact) mass is 315 g/mol. The molecule has 3 rings (SSSR count). The first kappa shape index (κ1) is 15.2. The fraction of sp³-hybridized carbons (Fsp3) is 0. The highest BCUT2D eigenvalue weighted by molar-refractivity contribution is 6.05. The molecule has 0 saturated heterocycles. The number of hydrogen-bond donors (Lipinski definition) is 2. The molecule has 0 aliphatic heterocycles. The molecule has 0 fully saturated rings. The highest BCUT2D eigenvalue weighted by atomic mass is 16.1. The van der Waals surface area contributed by atoms with Crippen molar-refractivity contribution in [2.75, 3.05) is 11.1 Å². The Morgan fingerprint density at radius 2 is 1.92 bits per heavy atom. The number of benzene rings is 2. The summed E-state index contributed by atoms with van der Waals surface area (Å²) < 4.78 is 0. The van der Waals surface area contributed by atoms with E-state index in [-0.39, 0.29) is 11.6 Å². The first-order valence-corrected chi connectivity index (χ1v) is 7.15. The zero-order chi connectivity index (χ0) is 16.9. The van der Waals surface area contributed by atoms with E-state index < -0.39 is 0 Å². The van der Waals surface area contributed by atoms with Crippen molar-refractivity contribution in [1.29, 1.82) is 5.26 Å². The van der Waals surface area contributed by atoms with Crippen LogP contribution in [-0.2, 0) is 0 Å². The van der Waals surface area contributed by atoms with Crippen molar-refractivity contribution in [3.63, 3.8) is 0 Å². The van der Waals surface area contributed by atoms with Crippen LogP contribution < -0.4 is 11.1 Å². The van der Waals surface area contributed by atoms with Gasteiger partial charge in [0.2, 0.25) is 0 Å². The Morgan fingerprint density at radius 3 is 2.58 bits per heavy atom. The van der Waals surface area contributed by atoms with Gasteiger partial charge in [0.1, 0.15) is 5.69 Å². The lowest BCUT2D eigenvalue weighted by molar-refractivity contribution is 0.102. The predicted molar refractivity (Wildman–Crippen MR) is 91.0 cm³/mol. The first-order valence-electron chi connectivity index (χ1n) is 7.15. The second-order valence-corrected chi connectivity index (χ2v) is 5.04. The third-order valence-electron chi connectivity index (χ3n) is 3.41. The number of rotatable bonds is 3. The van der Waals surface area contributed by atoms with Gasteiger partial charge in [0.25, 0.3) is 5.91 Å². The van der Waals surface area contributed by atoms with Gasteiger partial charge in [-0.1, -0.05) is 18.2 Å². The molecule has 116 valence electrons. The molecule has 0 aliphatic rings. The molecule has 0 spiro atoms. The molecular weight excluding hydrogens is 302 g/mol. The molecule has 3 N–H and O–H groups in total. The van der Waals surface area contributed by atoms with Crippen molar-refractivity contribution in [3.05, 3.63) is 72.3 Å². The minimum atomic E-state index is -0.372. The number of nitrogens with one attached hydrogen (secondary N) is 1. The van der Waals surface area contributed by atoms with E-state index in [4.69, 9.17) is 11.0 Å². The summed E-state index contributed by atoms with van der Waals surface area (Å²) in [4.78, 5) is 20.2. The number of hydrogen-bond acceptors (Lipinski definition) is 5. The third-order valence-corrected chi connectivity index (χ3v) is 3.41. The van der Waals surface area contributed by atoms with Gasteiger partial charge in [-0.3, -0.25) is 9.78 Å². The zero-order valence-corrected chi connectivity index (χ0v) is 12.6. The largest absolute Gasteiger partial charge is 0.399 e. The lowest BCUT2D eigenvalue weighted by atomic mass is 10.0. The summed E-state index contributed by atoms with van der Waals surface area (Å²) in [5.41, 5.74) is 9.38. The SMILES string of the molecule is N#Cc1ccc(-c2ccc(N)cc2NC(=O)c2cnccn2)cc1. The standard InChI is InChI=1S/C18H13N5O/c19-10-12-1-3-13(4-2-12)15-6-5-14(20)9-16(15)23-18(24)17-11-21-7-8-22-17/h1-9,11H,20H2,(H,23,24). The van der Waals surface area contributed by atoms with Gasteiger partial charge < -0.3 is 11.1 Å². The van der Waals surface area contributed by atoms with E-state index in [0.717, 1.165) is 11.1 Å². The van der Waals surface area contributed by atoms with Crippen molar-refractivity contribution in [2.24, 2.45) is 0 Å². The van der Waals surface area contributed by atoms with Crippen molar-refractivity contribution >= 4 is 17.3 Å². The van der Waals surface area contributed by atoms with Crippen LogP contribution in [-0.4, -0.2) is 15.9 Å². The van der Waals surface area contributed by atoms with Crippen LogP contribution in [0.15, 0.2) is 61.1 Å². The van der Waals surface area contributed by atoms with Gasteiger partial charge in [0.05, 0.1) is 23.5 Å². The topological polar surface area (TPSA) is 105 Å². The maximum Gasteiger partial charge on any atom is 0.275 e. The summed E-state index contributed by atoms with van der Waals surface area (Å²) in [5, 5.41) is 11.7. The quantitative estimate of drug-likeness (QED) is 0.723. The fourth-order valence-electron chi connectivity index (χ4n) is 2.24. The van der Waals surface area contributed by atoms with Gasteiger partial charge in [0.15, 0.2) is 0 Å². The molecule has 24 heavy (non-hydrogen) atoms. The Morgan fingerprint density at radius 1 is 1.12 bits per heavy atom. The number of amides is 1. The third kappa shape index (κ3) is 3.20. The van der Waals surface area contributed by atoms with Crippen LogP contribution in [0.25, 0.3) is 11.1 Å². The summed E-state index contributed by atoms with van der Waals surface area (Å²) >= 11 is 0. The second-order valence-electron chi connectivity index (χ2n) is 5.04. The molecule has 0 radical (unpaired) electrons. The molecule has 0 saturated carbocycles. The number of carbonyl (C=O) groups is 1. The van der Waals surface area contributed by atoms with Crippen LogP contribution in [0.1, 0.15) is 16.1 Å². The average molecular weight is 315 g/mol. The predicted octanol–water partition coefficient (Wildman–Crippen LogP) is 2.85. The highest BCUT2D eigenvalue weighted by Gasteiger charge is 2.12. The average Bonchev–Trinajstić information content (AvgIpc) is 2.63. The van der Waals surface area contributed by atoms with Gasteiger partial charge >= 0.3 is 0 Å². The summed E-state index contributed by atoms with van der Waals surface area (Å²) in [6, 6.07) is 14.4. The number of nitrogens with zero attached hydrogens (tertiary/aromatic N) is 3. The Labute approximate surface area is 138 Å². The minimum Gasteiger partial charge on any atom is -0.399 e. The molecule has 1 heterocycles. The Bertz CT molecular complexity index is 914. The number of nitrogens with two attached hydrogens (primary N) is 1. The molecule has 2 aromatic carbocycles. The molecule has 1 aromatic heterocycles. The number of nitrogen functional groups attached to an aromatic ring is 1. The molecule has 6 nitrogen and oxygen atoms in total. The molecule has 0 aliphatic carbocycles. The van der Waals surface area contributed by atoms with Gasteiger partial charge in [-0.05, 0) is 29.8 Å². The second kappa shape index (κ2) is 6.58. The molecule has 3 aromatic rings. The van der Waals surface area contributed by atoms with E-state index in [1.807, 2.05) is 18.2 Å². The van der Waals surface area contributed by atoms with Crippen LogP contribution in [0, 0.1) is 11.3 Å². The molecule has 0 unspecified atom stereocenters. The van der Waals surface area contributed by atoms with E-state index in [1.54, 1.807) is 24.3 Å². The van der Waals surface area contributed by atoms with E-state index in [2.05, 4.69) is 21.4 Å². The maximum absolute atomic E-state index is 12.3. The number of anilines is 2. The molecular formula is C18H13N5O. The van der Waals surface area contributed by atoms with Crippen LogP contribution in [0.4, 0.5) is 11.4 Å². The van der Waals surface area contributed by atoms with Crippen molar-refractivity contribution in [1.82, 2.24) is 9.97 Å². The first-order chi connectivity index (χ1) is 11.7. The van der Waals surface area contributed by atoms with Crippen molar-refractivity contribution < 1.29 is 4.79 Å². The van der Waals surface area contributed by atoms with Gasteiger partial charge in [-0.15, -0.1) is 0 Å². The normalized spacial score (nSPS) is 9.96. The Kier molecular flexibility index (Phi) is 4.17. The van der Waals surface area contributed by atoms with Crippen molar-refractivity contribution in [3.8, 4) is 17.2 Å². The number of carbonyl (C=O) groups excluding carboxylic acids is 1. The fourth-order valence-corrected chi connectivity index (χ4v) is 2.24. The lowest BCUT2D eigenvalue weighted by Crippen LogP contribution is -2.14. The number of aromatic nitrogens is 2. The molecule has 6 heteroatoms. The van der Waals surface area contributed by atoms with Crippen LogP contribution in [0.2, 0.25) is 0 Å². The summed E-state index contributed by atoms with van der Waals surface area (Å²) in [6.45, 7) is 0. The lowest BCUT2D eigenvalue weighted by Gasteiger charge is -2.12. The van der Waals surface area contributed by atoms with Gasteiger partial charge in [-0.2, -0.15) is 5.26 Å². The molecule has 1 amide bonds. The van der Waals surface area contributed by atoms with E-state index in [9.17, 15) is 4.79 Å². The van der Waals surface area contributed by atoms with Crippen molar-refractivity contribution in [2.45, 2.75) is 0 Å². The Hall–Kier alpha value is -3.72. The van der Waals surface area contributed by atoms with E-state index >= 15 is 0 Å². The maximum atomic E-state index is 12.3. The summed E-state index contributed by atoms with van der Waals surface area (Å²) in [6.07, 6.45) is 4.35. The van der Waals surface area contributed by atoms with E-state index in [0.29, 0.717) is 16.9 Å². The minimum absolute atomic E-state index is 0.214. The molecule has 0 bridgehead atoms. The van der Waals surface area contributed by atoms with Crippen LogP contribution in [0.3, 0.4) is 0 Å². The van der Waals surface area contributed by atoms with Gasteiger partial charge in [-0.25, -0.2) is 4.98 Å².